The molecule has 3 amide bonds. The van der Waals surface area contributed by atoms with Crippen molar-refractivity contribution in [3.63, 3.8) is 0 Å². The van der Waals surface area contributed by atoms with Gasteiger partial charge in [-0.2, -0.15) is 0 Å². The van der Waals surface area contributed by atoms with Crippen LogP contribution in [0.5, 0.6) is 0 Å². The lowest BCUT2D eigenvalue weighted by Gasteiger charge is -2.15. The van der Waals surface area contributed by atoms with E-state index in [1.807, 2.05) is 32.0 Å². The summed E-state index contributed by atoms with van der Waals surface area (Å²) in [5.41, 5.74) is 4.14. The Hall–Kier alpha value is -4.43. The van der Waals surface area contributed by atoms with E-state index < -0.39 is 17.8 Å². The highest BCUT2D eigenvalue weighted by atomic mass is 35.5. The Bertz CT molecular complexity index is 1410. The lowest BCUT2D eigenvalue weighted by Crippen LogP contribution is -2.32. The van der Waals surface area contributed by atoms with Gasteiger partial charge in [0.05, 0.1) is 17.9 Å². The predicted molar refractivity (Wildman–Crippen MR) is 142 cm³/mol. The molecule has 1 heterocycles. The maximum atomic E-state index is 13.0. The Kier molecular flexibility index (Phi) is 7.40. The number of hydrogen-bond acceptors (Lipinski definition) is 6. The van der Waals surface area contributed by atoms with Gasteiger partial charge in [-0.3, -0.25) is 14.4 Å². The van der Waals surface area contributed by atoms with Crippen molar-refractivity contribution in [1.29, 1.82) is 0 Å². The number of carbonyl (C=O) groups excluding carboxylic acids is 4. The van der Waals surface area contributed by atoms with Crippen LogP contribution in [0.3, 0.4) is 0 Å². The van der Waals surface area contributed by atoms with E-state index >= 15 is 0 Å². The smallest absolute Gasteiger partial charge is 0.338 e. The molecule has 1 aliphatic rings. The van der Waals surface area contributed by atoms with E-state index in [0.29, 0.717) is 22.5 Å². The summed E-state index contributed by atoms with van der Waals surface area (Å²) in [4.78, 5) is 51.2. The fraction of sp³-hybridized carbons (Fsp3) is 0.143. The second kappa shape index (κ2) is 10.7. The SMILES string of the molecule is CCOC(=O)c1ccc(N2C(=O)C(Cl)=C(Nc3ccc(C(=O)Nc4cc(C)cc(C)c4)cc3)C2=O)cc1. The fourth-order valence-electron chi connectivity index (χ4n) is 3.91. The van der Waals surface area contributed by atoms with Crippen LogP contribution in [0.1, 0.15) is 38.8 Å². The van der Waals surface area contributed by atoms with Gasteiger partial charge in [-0.15, -0.1) is 0 Å². The molecule has 0 atom stereocenters. The number of amides is 3. The monoisotopic (exact) mass is 517 g/mol. The van der Waals surface area contributed by atoms with Crippen molar-refractivity contribution >= 4 is 52.4 Å². The van der Waals surface area contributed by atoms with Crippen LogP contribution >= 0.6 is 11.6 Å². The summed E-state index contributed by atoms with van der Waals surface area (Å²) < 4.78 is 4.95. The molecule has 0 saturated carbocycles. The molecule has 3 aromatic carbocycles. The van der Waals surface area contributed by atoms with Gasteiger partial charge in [0.15, 0.2) is 0 Å². The van der Waals surface area contributed by atoms with Crippen molar-refractivity contribution in [2.75, 3.05) is 22.1 Å². The molecule has 8 nitrogen and oxygen atoms in total. The van der Waals surface area contributed by atoms with Gasteiger partial charge >= 0.3 is 5.97 Å². The number of imide groups is 1. The molecule has 0 saturated heterocycles. The second-order valence-corrected chi connectivity index (χ2v) is 8.81. The number of halogens is 1. The molecule has 0 radical (unpaired) electrons. The highest BCUT2D eigenvalue weighted by Gasteiger charge is 2.39. The first kappa shape index (κ1) is 25.7. The fourth-order valence-corrected chi connectivity index (χ4v) is 4.12. The number of anilines is 3. The van der Waals surface area contributed by atoms with Gasteiger partial charge in [-0.05, 0) is 92.6 Å². The maximum absolute atomic E-state index is 13.0. The third kappa shape index (κ3) is 5.54. The molecule has 0 unspecified atom stereocenters. The normalized spacial score (nSPS) is 13.1. The number of hydrogen-bond donors (Lipinski definition) is 2. The summed E-state index contributed by atoms with van der Waals surface area (Å²) in [7, 11) is 0. The molecule has 37 heavy (non-hydrogen) atoms. The van der Waals surface area contributed by atoms with Crippen molar-refractivity contribution < 1.29 is 23.9 Å². The molecular weight excluding hydrogens is 494 g/mol. The molecule has 4 rings (SSSR count). The predicted octanol–water partition coefficient (Wildman–Crippen LogP) is 5.17. The number of nitrogens with one attached hydrogen (secondary N) is 2. The Labute approximate surface area is 218 Å². The summed E-state index contributed by atoms with van der Waals surface area (Å²) >= 11 is 6.21. The van der Waals surface area contributed by atoms with Crippen LogP contribution in [0.2, 0.25) is 0 Å². The number of rotatable bonds is 7. The zero-order valence-corrected chi connectivity index (χ0v) is 21.2. The van der Waals surface area contributed by atoms with Gasteiger partial charge in [0.25, 0.3) is 17.7 Å². The van der Waals surface area contributed by atoms with Crippen molar-refractivity contribution in [2.24, 2.45) is 0 Å². The van der Waals surface area contributed by atoms with Crippen molar-refractivity contribution in [1.82, 2.24) is 0 Å². The summed E-state index contributed by atoms with van der Waals surface area (Å²) in [5, 5.41) is 5.48. The number of benzene rings is 3. The first-order chi connectivity index (χ1) is 17.7. The van der Waals surface area contributed by atoms with E-state index in [1.54, 1.807) is 31.2 Å². The summed E-state index contributed by atoms with van der Waals surface area (Å²) in [6.07, 6.45) is 0. The van der Waals surface area contributed by atoms with E-state index in [1.165, 1.54) is 24.3 Å². The van der Waals surface area contributed by atoms with Gasteiger partial charge < -0.3 is 15.4 Å². The lowest BCUT2D eigenvalue weighted by molar-refractivity contribution is -0.120. The molecule has 1 aliphatic heterocycles. The summed E-state index contributed by atoms with van der Waals surface area (Å²) in [6.45, 7) is 5.84. The van der Waals surface area contributed by atoms with E-state index in [2.05, 4.69) is 10.6 Å². The third-order valence-corrected chi connectivity index (χ3v) is 5.91. The first-order valence-electron chi connectivity index (χ1n) is 11.5. The van der Waals surface area contributed by atoms with Crippen molar-refractivity contribution in [3.05, 3.63) is 99.7 Å². The highest BCUT2D eigenvalue weighted by Crippen LogP contribution is 2.30. The van der Waals surface area contributed by atoms with Crippen LogP contribution in [0, 0.1) is 13.8 Å². The van der Waals surface area contributed by atoms with Crippen molar-refractivity contribution in [2.45, 2.75) is 20.8 Å². The molecule has 9 heteroatoms. The van der Waals surface area contributed by atoms with Gasteiger partial charge in [0.2, 0.25) is 0 Å². The van der Waals surface area contributed by atoms with Gasteiger partial charge in [-0.1, -0.05) is 17.7 Å². The summed E-state index contributed by atoms with van der Waals surface area (Å²) in [6, 6.07) is 18.1. The molecular formula is C28H24ClN3O5. The van der Waals surface area contributed by atoms with Gasteiger partial charge in [0.1, 0.15) is 10.7 Å². The average molecular weight is 518 g/mol. The topological polar surface area (TPSA) is 105 Å². The van der Waals surface area contributed by atoms with Crippen LogP contribution in [-0.4, -0.2) is 30.3 Å². The Morgan fingerprint density at radius 1 is 0.838 bits per heavy atom. The number of ether oxygens (including phenoxy) is 1. The van der Waals surface area contributed by atoms with Gasteiger partial charge in [-0.25, -0.2) is 9.69 Å². The van der Waals surface area contributed by atoms with E-state index in [-0.39, 0.29) is 28.9 Å². The van der Waals surface area contributed by atoms with E-state index in [9.17, 15) is 19.2 Å². The molecule has 0 fully saturated rings. The molecule has 0 aromatic heterocycles. The average Bonchev–Trinajstić information content (AvgIpc) is 3.07. The minimum Gasteiger partial charge on any atom is -0.462 e. The molecule has 0 spiro atoms. The molecule has 188 valence electrons. The Balaban J connectivity index is 1.46. The van der Waals surface area contributed by atoms with Crippen LogP contribution < -0.4 is 15.5 Å². The zero-order valence-electron chi connectivity index (χ0n) is 20.4. The molecule has 0 aliphatic carbocycles. The van der Waals surface area contributed by atoms with Crippen molar-refractivity contribution in [3.8, 4) is 0 Å². The molecule has 2 N–H and O–H groups in total. The maximum Gasteiger partial charge on any atom is 0.338 e. The number of aryl methyl sites for hydroxylation is 2. The third-order valence-electron chi connectivity index (χ3n) is 5.56. The number of nitrogens with zero attached hydrogens (tertiary/aromatic N) is 1. The highest BCUT2D eigenvalue weighted by molar-refractivity contribution is 6.53. The van der Waals surface area contributed by atoms with Crippen LogP contribution in [0.25, 0.3) is 0 Å². The number of esters is 1. The van der Waals surface area contributed by atoms with E-state index in [4.69, 9.17) is 16.3 Å². The largest absolute Gasteiger partial charge is 0.462 e. The standard InChI is InChI=1S/C28H24ClN3O5/c1-4-37-28(36)19-7-11-22(12-8-19)32-26(34)23(29)24(27(32)35)30-20-9-5-18(6-10-20)25(33)31-21-14-16(2)13-17(3)15-21/h5-15,30H,4H2,1-3H3,(H,31,33). The second-order valence-electron chi connectivity index (χ2n) is 8.43. The minimum atomic E-state index is -0.692. The molecule has 3 aromatic rings. The molecule has 0 bridgehead atoms. The Morgan fingerprint density at radius 3 is 2.03 bits per heavy atom. The minimum absolute atomic E-state index is 0.0893. The lowest BCUT2D eigenvalue weighted by atomic mass is 10.1. The van der Waals surface area contributed by atoms with Crippen LogP contribution in [-0.2, 0) is 14.3 Å². The van der Waals surface area contributed by atoms with Gasteiger partial charge in [0, 0.05) is 16.9 Å². The van der Waals surface area contributed by atoms with Crippen LogP contribution in [0.15, 0.2) is 77.5 Å². The summed E-state index contributed by atoms with van der Waals surface area (Å²) in [5.74, 6) is -2.12. The Morgan fingerprint density at radius 2 is 1.43 bits per heavy atom. The quantitative estimate of drug-likeness (QED) is 0.331. The number of carbonyl (C=O) groups is 4. The zero-order chi connectivity index (χ0) is 26.7. The first-order valence-corrected chi connectivity index (χ1v) is 11.9. The van der Waals surface area contributed by atoms with E-state index in [0.717, 1.165) is 16.0 Å². The van der Waals surface area contributed by atoms with Crippen LogP contribution in [0.4, 0.5) is 17.1 Å².